The van der Waals surface area contributed by atoms with Crippen LogP contribution in [0.3, 0.4) is 0 Å². The lowest BCUT2D eigenvalue weighted by atomic mass is 10.1. The van der Waals surface area contributed by atoms with E-state index >= 15 is 0 Å². The highest BCUT2D eigenvalue weighted by Gasteiger charge is 2.29. The highest BCUT2D eigenvalue weighted by Crippen LogP contribution is 2.28. The zero-order valence-electron chi connectivity index (χ0n) is 14.1. The summed E-state index contributed by atoms with van der Waals surface area (Å²) in [5, 5.41) is 5.50. The van der Waals surface area contributed by atoms with Crippen molar-refractivity contribution in [3.05, 3.63) is 29.8 Å². The van der Waals surface area contributed by atoms with Gasteiger partial charge in [0.05, 0.1) is 12.6 Å². The fourth-order valence-electron chi connectivity index (χ4n) is 3.00. The first-order valence-corrected chi connectivity index (χ1v) is 9.01. The van der Waals surface area contributed by atoms with Crippen molar-refractivity contribution in [3.63, 3.8) is 0 Å². The molecule has 0 spiro atoms. The molecule has 24 heavy (non-hydrogen) atoms. The van der Waals surface area contributed by atoms with Gasteiger partial charge in [0.25, 0.3) is 0 Å². The molecule has 0 aromatic heterocycles. The van der Waals surface area contributed by atoms with E-state index in [2.05, 4.69) is 10.6 Å². The molecule has 1 aromatic rings. The molecule has 130 valence electrons. The van der Waals surface area contributed by atoms with E-state index in [9.17, 15) is 9.59 Å². The Balaban J connectivity index is 1.32. The second-order valence-corrected chi connectivity index (χ2v) is 6.76. The molecule has 5 nitrogen and oxygen atoms in total. The smallest absolute Gasteiger partial charge is 0.239 e. The van der Waals surface area contributed by atoms with Crippen molar-refractivity contribution in [2.24, 2.45) is 5.92 Å². The number of hydrogen-bond donors (Lipinski definition) is 2. The molecular weight excluding hydrogens is 304 g/mol. The summed E-state index contributed by atoms with van der Waals surface area (Å²) in [7, 11) is 0. The summed E-state index contributed by atoms with van der Waals surface area (Å²) in [5.41, 5.74) is 1.16. The van der Waals surface area contributed by atoms with E-state index in [4.69, 9.17) is 4.74 Å². The molecule has 2 aliphatic rings. The minimum atomic E-state index is -0.134. The fraction of sp³-hybridized carbons (Fsp3) is 0.579. The normalized spacial score (nSPS) is 17.5. The average molecular weight is 330 g/mol. The predicted octanol–water partition coefficient (Wildman–Crippen LogP) is 2.19. The molecule has 0 unspecified atom stereocenters. The van der Waals surface area contributed by atoms with Gasteiger partial charge in [0.1, 0.15) is 5.75 Å². The monoisotopic (exact) mass is 330 g/mol. The first-order valence-electron chi connectivity index (χ1n) is 9.01. The molecule has 0 radical (unpaired) electrons. The van der Waals surface area contributed by atoms with Crippen molar-refractivity contribution in [2.45, 2.75) is 51.0 Å². The van der Waals surface area contributed by atoms with E-state index in [0.717, 1.165) is 43.4 Å². The Morgan fingerprint density at radius 2 is 1.71 bits per heavy atom. The maximum Gasteiger partial charge on any atom is 0.239 e. The highest BCUT2D eigenvalue weighted by molar-refractivity contribution is 5.86. The number of rotatable bonds is 8. The SMILES string of the molecule is O=C(CNC(=O)C1CC1)NCCc1ccc(OC2CCCC2)cc1. The van der Waals surface area contributed by atoms with Crippen LogP contribution in [-0.4, -0.2) is 31.0 Å². The molecule has 0 heterocycles. The van der Waals surface area contributed by atoms with E-state index < -0.39 is 0 Å². The van der Waals surface area contributed by atoms with Gasteiger partial charge in [0, 0.05) is 12.5 Å². The third-order valence-corrected chi connectivity index (χ3v) is 4.64. The number of carbonyl (C=O) groups excluding carboxylic acids is 2. The van der Waals surface area contributed by atoms with Crippen LogP contribution in [0.1, 0.15) is 44.1 Å². The van der Waals surface area contributed by atoms with Crippen LogP contribution < -0.4 is 15.4 Å². The van der Waals surface area contributed by atoms with Gasteiger partial charge in [0.15, 0.2) is 0 Å². The summed E-state index contributed by atoms with van der Waals surface area (Å²) in [4.78, 5) is 23.1. The van der Waals surface area contributed by atoms with Crippen molar-refractivity contribution in [3.8, 4) is 5.75 Å². The van der Waals surface area contributed by atoms with Gasteiger partial charge < -0.3 is 15.4 Å². The third-order valence-electron chi connectivity index (χ3n) is 4.64. The predicted molar refractivity (Wildman–Crippen MR) is 91.8 cm³/mol. The molecule has 2 aliphatic carbocycles. The minimum Gasteiger partial charge on any atom is -0.490 e. The molecule has 2 N–H and O–H groups in total. The molecule has 0 bridgehead atoms. The van der Waals surface area contributed by atoms with Crippen molar-refractivity contribution < 1.29 is 14.3 Å². The van der Waals surface area contributed by atoms with E-state index in [-0.39, 0.29) is 24.3 Å². The van der Waals surface area contributed by atoms with Crippen molar-refractivity contribution in [2.75, 3.05) is 13.1 Å². The van der Waals surface area contributed by atoms with Crippen LogP contribution in [-0.2, 0) is 16.0 Å². The van der Waals surface area contributed by atoms with Gasteiger partial charge >= 0.3 is 0 Å². The fourth-order valence-corrected chi connectivity index (χ4v) is 3.00. The molecule has 5 heteroatoms. The Morgan fingerprint density at radius 3 is 2.38 bits per heavy atom. The number of hydrogen-bond acceptors (Lipinski definition) is 3. The highest BCUT2D eigenvalue weighted by atomic mass is 16.5. The first kappa shape index (κ1) is 16.8. The van der Waals surface area contributed by atoms with E-state index in [1.165, 1.54) is 12.8 Å². The van der Waals surface area contributed by atoms with Crippen LogP contribution in [0.2, 0.25) is 0 Å². The maximum atomic E-state index is 11.7. The minimum absolute atomic E-state index is 0.00278. The van der Waals surface area contributed by atoms with Gasteiger partial charge in [-0.3, -0.25) is 9.59 Å². The topological polar surface area (TPSA) is 67.4 Å². The lowest BCUT2D eigenvalue weighted by molar-refractivity contribution is -0.126. The molecule has 1 aromatic carbocycles. The quantitative estimate of drug-likeness (QED) is 0.768. The van der Waals surface area contributed by atoms with Crippen molar-refractivity contribution >= 4 is 11.8 Å². The Bertz CT molecular complexity index is 560. The first-order chi connectivity index (χ1) is 11.7. The second kappa shape index (κ2) is 8.18. The number of benzene rings is 1. The van der Waals surface area contributed by atoms with Crippen LogP contribution in [0.25, 0.3) is 0 Å². The number of ether oxygens (including phenoxy) is 1. The Kier molecular flexibility index (Phi) is 5.72. The molecule has 0 aliphatic heterocycles. The van der Waals surface area contributed by atoms with Crippen LogP contribution in [0, 0.1) is 5.92 Å². The Labute approximate surface area is 143 Å². The molecular formula is C19H26N2O3. The molecule has 2 saturated carbocycles. The number of nitrogens with one attached hydrogen (secondary N) is 2. The number of carbonyl (C=O) groups is 2. The van der Waals surface area contributed by atoms with Gasteiger partial charge in [-0.25, -0.2) is 0 Å². The van der Waals surface area contributed by atoms with Crippen LogP contribution in [0.5, 0.6) is 5.75 Å². The maximum absolute atomic E-state index is 11.7. The van der Waals surface area contributed by atoms with E-state index in [1.54, 1.807) is 0 Å². The molecule has 2 fully saturated rings. The Morgan fingerprint density at radius 1 is 1.00 bits per heavy atom. The molecule has 0 atom stereocenters. The standard InChI is InChI=1S/C19H26N2O3/c22-18(13-21-19(23)15-7-8-15)20-12-11-14-5-9-17(10-6-14)24-16-3-1-2-4-16/h5-6,9-10,15-16H,1-4,7-8,11-13H2,(H,20,22)(H,21,23). The zero-order valence-corrected chi connectivity index (χ0v) is 14.1. The summed E-state index contributed by atoms with van der Waals surface area (Å²) in [6.45, 7) is 0.643. The lowest BCUT2D eigenvalue weighted by Crippen LogP contribution is -2.38. The lowest BCUT2D eigenvalue weighted by Gasteiger charge is -2.13. The summed E-state index contributed by atoms with van der Waals surface area (Å²) >= 11 is 0. The van der Waals surface area contributed by atoms with Gasteiger partial charge in [-0.15, -0.1) is 0 Å². The average Bonchev–Trinajstić information content (AvgIpc) is 3.32. The Hall–Kier alpha value is -2.04. The largest absolute Gasteiger partial charge is 0.490 e. The van der Waals surface area contributed by atoms with Gasteiger partial charge in [-0.2, -0.15) is 0 Å². The summed E-state index contributed by atoms with van der Waals surface area (Å²) in [5.74, 6) is 0.938. The van der Waals surface area contributed by atoms with Crippen LogP contribution >= 0.6 is 0 Å². The summed E-state index contributed by atoms with van der Waals surface area (Å²) < 4.78 is 5.94. The number of amides is 2. The van der Waals surface area contributed by atoms with Gasteiger partial charge in [0.2, 0.25) is 11.8 Å². The zero-order chi connectivity index (χ0) is 16.8. The van der Waals surface area contributed by atoms with Crippen molar-refractivity contribution in [1.29, 1.82) is 0 Å². The molecule has 3 rings (SSSR count). The van der Waals surface area contributed by atoms with Crippen LogP contribution in [0.15, 0.2) is 24.3 Å². The molecule has 0 saturated heterocycles. The van der Waals surface area contributed by atoms with Crippen LogP contribution in [0.4, 0.5) is 0 Å². The summed E-state index contributed by atoms with van der Waals surface area (Å²) in [6, 6.07) is 8.10. The third kappa shape index (κ3) is 5.25. The van der Waals surface area contributed by atoms with Gasteiger partial charge in [-0.05, 0) is 62.6 Å². The van der Waals surface area contributed by atoms with E-state index in [1.807, 2.05) is 24.3 Å². The van der Waals surface area contributed by atoms with Crippen molar-refractivity contribution in [1.82, 2.24) is 10.6 Å². The van der Waals surface area contributed by atoms with E-state index in [0.29, 0.717) is 12.6 Å². The molecule has 2 amide bonds. The second-order valence-electron chi connectivity index (χ2n) is 6.76. The van der Waals surface area contributed by atoms with Gasteiger partial charge in [-0.1, -0.05) is 12.1 Å². The summed E-state index contributed by atoms with van der Waals surface area (Å²) in [6.07, 6.45) is 7.90.